The summed E-state index contributed by atoms with van der Waals surface area (Å²) in [5, 5.41) is 0. The third kappa shape index (κ3) is 3.11. The molecule has 2 rings (SSSR count). The Morgan fingerprint density at radius 3 is 2.50 bits per heavy atom. The summed E-state index contributed by atoms with van der Waals surface area (Å²) in [5.41, 5.74) is 0.166. The normalized spacial score (nSPS) is 11.5. The number of anilines is 1. The van der Waals surface area contributed by atoms with E-state index in [1.54, 1.807) is 6.07 Å². The molecule has 1 N–H and O–H groups in total. The lowest BCUT2D eigenvalue weighted by atomic mass is 10.3. The minimum Gasteiger partial charge on any atom is -0.278 e. The molecule has 0 unspecified atom stereocenters. The quantitative estimate of drug-likeness (QED) is 0.817. The fraction of sp³-hybridized carbons (Fsp3) is 0. The number of hydrogen-bond acceptors (Lipinski definition) is 3. The van der Waals surface area contributed by atoms with Crippen LogP contribution in [0, 0.1) is 5.82 Å². The first-order valence-electron chi connectivity index (χ1n) is 4.62. The molecule has 0 aliphatic carbocycles. The Kier molecular flexibility index (Phi) is 4.10. The smallest absolute Gasteiger partial charge is 0.271 e. The zero-order valence-electron chi connectivity index (χ0n) is 8.65. The molecule has 0 fully saturated rings. The third-order valence-electron chi connectivity index (χ3n) is 1.99. The molecular formula is C10H6Br2FNO2S2. The van der Waals surface area contributed by atoms with Crippen LogP contribution in [0.3, 0.4) is 0 Å². The van der Waals surface area contributed by atoms with Crippen LogP contribution in [-0.4, -0.2) is 8.42 Å². The molecule has 0 amide bonds. The Bertz CT molecular complexity index is 685. The van der Waals surface area contributed by atoms with Crippen molar-refractivity contribution in [1.29, 1.82) is 0 Å². The molecule has 3 nitrogen and oxygen atoms in total. The SMILES string of the molecule is O=S(=O)(Nc1cc(F)ccc1Br)c1ccc(Br)s1. The standard InChI is InChI=1S/C10H6Br2FNO2S2/c11-7-2-1-6(13)5-8(7)14-18(15,16)10-4-3-9(12)17-10/h1-5,14H. The summed E-state index contributed by atoms with van der Waals surface area (Å²) in [5.74, 6) is -0.511. The van der Waals surface area contributed by atoms with Crippen LogP contribution in [0.4, 0.5) is 10.1 Å². The lowest BCUT2D eigenvalue weighted by molar-refractivity contribution is 0.603. The Balaban J connectivity index is 2.36. The molecular weight excluding hydrogens is 409 g/mol. The lowest BCUT2D eigenvalue weighted by Gasteiger charge is -2.08. The van der Waals surface area contributed by atoms with Gasteiger partial charge in [-0.05, 0) is 62.2 Å². The molecule has 0 aliphatic heterocycles. The monoisotopic (exact) mass is 413 g/mol. The third-order valence-corrected chi connectivity index (χ3v) is 6.16. The number of halogens is 3. The molecule has 1 aromatic heterocycles. The van der Waals surface area contributed by atoms with E-state index in [0.29, 0.717) is 8.26 Å². The van der Waals surface area contributed by atoms with Gasteiger partial charge in [-0.3, -0.25) is 4.72 Å². The minimum absolute atomic E-state index is 0.158. The maximum atomic E-state index is 13.1. The van der Waals surface area contributed by atoms with E-state index in [9.17, 15) is 12.8 Å². The van der Waals surface area contributed by atoms with Gasteiger partial charge in [-0.25, -0.2) is 12.8 Å². The zero-order valence-corrected chi connectivity index (χ0v) is 13.5. The predicted molar refractivity (Wildman–Crippen MR) is 76.9 cm³/mol. The number of nitrogens with one attached hydrogen (secondary N) is 1. The number of sulfonamides is 1. The van der Waals surface area contributed by atoms with Gasteiger partial charge in [-0.2, -0.15) is 0 Å². The number of benzene rings is 1. The highest BCUT2D eigenvalue weighted by molar-refractivity contribution is 9.11. The zero-order chi connectivity index (χ0) is 13.3. The highest BCUT2D eigenvalue weighted by Gasteiger charge is 2.18. The van der Waals surface area contributed by atoms with Crippen LogP contribution in [-0.2, 0) is 10.0 Å². The Morgan fingerprint density at radius 2 is 1.89 bits per heavy atom. The van der Waals surface area contributed by atoms with Crippen molar-refractivity contribution in [2.45, 2.75) is 4.21 Å². The van der Waals surface area contributed by atoms with Gasteiger partial charge in [-0.1, -0.05) is 0 Å². The molecule has 18 heavy (non-hydrogen) atoms. The van der Waals surface area contributed by atoms with Crippen LogP contribution < -0.4 is 4.72 Å². The second-order valence-electron chi connectivity index (χ2n) is 3.29. The van der Waals surface area contributed by atoms with E-state index in [0.717, 1.165) is 17.4 Å². The largest absolute Gasteiger partial charge is 0.278 e. The van der Waals surface area contributed by atoms with Crippen LogP contribution in [0.1, 0.15) is 0 Å². The van der Waals surface area contributed by atoms with E-state index in [2.05, 4.69) is 36.6 Å². The average Bonchev–Trinajstić information content (AvgIpc) is 2.71. The molecule has 1 aromatic carbocycles. The summed E-state index contributed by atoms with van der Waals surface area (Å²) < 4.78 is 40.8. The van der Waals surface area contributed by atoms with Crippen molar-refractivity contribution in [3.05, 3.63) is 44.4 Å². The number of rotatable bonds is 3. The van der Waals surface area contributed by atoms with Gasteiger partial charge in [0.1, 0.15) is 10.0 Å². The second-order valence-corrected chi connectivity index (χ2v) is 8.51. The van der Waals surface area contributed by atoms with Gasteiger partial charge < -0.3 is 0 Å². The van der Waals surface area contributed by atoms with Crippen LogP contribution >= 0.6 is 43.2 Å². The van der Waals surface area contributed by atoms with Crippen molar-refractivity contribution in [1.82, 2.24) is 0 Å². The van der Waals surface area contributed by atoms with Gasteiger partial charge in [0.2, 0.25) is 0 Å². The molecule has 0 bridgehead atoms. The first-order valence-corrected chi connectivity index (χ1v) is 8.50. The Hall–Kier alpha value is -0.440. The minimum atomic E-state index is -3.69. The summed E-state index contributed by atoms with van der Waals surface area (Å²) >= 11 is 7.44. The molecule has 0 aliphatic rings. The van der Waals surface area contributed by atoms with Crippen molar-refractivity contribution < 1.29 is 12.8 Å². The van der Waals surface area contributed by atoms with Gasteiger partial charge in [0.05, 0.1) is 9.47 Å². The topological polar surface area (TPSA) is 46.2 Å². The Morgan fingerprint density at radius 1 is 1.17 bits per heavy atom. The van der Waals surface area contributed by atoms with Gasteiger partial charge in [0, 0.05) is 4.47 Å². The fourth-order valence-corrected chi connectivity index (χ4v) is 4.77. The maximum Gasteiger partial charge on any atom is 0.271 e. The summed E-state index contributed by atoms with van der Waals surface area (Å²) in [7, 11) is -3.69. The highest BCUT2D eigenvalue weighted by atomic mass is 79.9. The Labute approximate surface area is 124 Å². The molecule has 96 valence electrons. The molecule has 8 heteroatoms. The predicted octanol–water partition coefficient (Wildman–Crippen LogP) is 4.21. The van der Waals surface area contributed by atoms with Crippen molar-refractivity contribution in [3.63, 3.8) is 0 Å². The van der Waals surface area contributed by atoms with Crippen molar-refractivity contribution in [2.75, 3.05) is 4.72 Å². The van der Waals surface area contributed by atoms with E-state index >= 15 is 0 Å². The van der Waals surface area contributed by atoms with Crippen LogP contribution in [0.2, 0.25) is 0 Å². The highest BCUT2D eigenvalue weighted by Crippen LogP contribution is 2.30. The molecule has 0 radical (unpaired) electrons. The number of hydrogen-bond donors (Lipinski definition) is 1. The van der Waals surface area contributed by atoms with Gasteiger partial charge in [-0.15, -0.1) is 11.3 Å². The van der Waals surface area contributed by atoms with Gasteiger partial charge >= 0.3 is 0 Å². The maximum absolute atomic E-state index is 13.1. The summed E-state index contributed by atoms with van der Waals surface area (Å²) in [6, 6.07) is 6.91. The average molecular weight is 415 g/mol. The van der Waals surface area contributed by atoms with Crippen molar-refractivity contribution >= 4 is 58.9 Å². The first kappa shape index (κ1) is 14.0. The van der Waals surface area contributed by atoms with Crippen LogP contribution in [0.25, 0.3) is 0 Å². The van der Waals surface area contributed by atoms with Crippen molar-refractivity contribution in [3.8, 4) is 0 Å². The van der Waals surface area contributed by atoms with E-state index in [1.165, 1.54) is 18.2 Å². The number of thiophene rings is 1. The van der Waals surface area contributed by atoms with Crippen LogP contribution in [0.15, 0.2) is 42.8 Å². The van der Waals surface area contributed by atoms with Crippen molar-refractivity contribution in [2.24, 2.45) is 0 Å². The summed E-state index contributed by atoms with van der Waals surface area (Å²) in [4.78, 5) is 0. The van der Waals surface area contributed by atoms with Crippen LogP contribution in [0.5, 0.6) is 0 Å². The van der Waals surface area contributed by atoms with E-state index < -0.39 is 15.8 Å². The molecule has 0 atom stereocenters. The van der Waals surface area contributed by atoms with Gasteiger partial charge in [0.25, 0.3) is 10.0 Å². The first-order chi connectivity index (χ1) is 8.38. The molecule has 1 heterocycles. The summed E-state index contributed by atoms with van der Waals surface area (Å²) in [6.07, 6.45) is 0. The summed E-state index contributed by atoms with van der Waals surface area (Å²) in [6.45, 7) is 0. The van der Waals surface area contributed by atoms with E-state index in [4.69, 9.17) is 0 Å². The van der Waals surface area contributed by atoms with E-state index in [1.807, 2.05) is 0 Å². The molecule has 0 spiro atoms. The van der Waals surface area contributed by atoms with E-state index in [-0.39, 0.29) is 9.90 Å². The second kappa shape index (κ2) is 5.28. The fourth-order valence-electron chi connectivity index (χ4n) is 1.21. The lowest BCUT2D eigenvalue weighted by Crippen LogP contribution is -2.12. The van der Waals surface area contributed by atoms with Gasteiger partial charge in [0.15, 0.2) is 0 Å². The molecule has 2 aromatic rings. The molecule has 0 saturated carbocycles. The molecule has 0 saturated heterocycles.